The zero-order valence-electron chi connectivity index (χ0n) is 13.8. The summed E-state index contributed by atoms with van der Waals surface area (Å²) in [6, 6.07) is 0. The van der Waals surface area contributed by atoms with Crippen molar-refractivity contribution in [1.82, 2.24) is 0 Å². The predicted molar refractivity (Wildman–Crippen MR) is 90.1 cm³/mol. The molecule has 0 aromatic rings. The first-order valence-corrected chi connectivity index (χ1v) is 7.65. The Morgan fingerprint density at radius 1 is 0.857 bits per heavy atom. The van der Waals surface area contributed by atoms with Gasteiger partial charge in [-0.1, -0.05) is 0 Å². The fraction of sp³-hybridized carbons (Fsp3) is 0.600. The van der Waals surface area contributed by atoms with Crippen molar-refractivity contribution in [3.8, 4) is 0 Å². The van der Waals surface area contributed by atoms with Gasteiger partial charge in [0.25, 0.3) is 0 Å². The number of Topliss-reactive ketones (excluding diaryl/α,β-unsaturated/α-hetero) is 2. The van der Waals surface area contributed by atoms with Crippen LogP contribution in [0, 0.1) is 0 Å². The van der Waals surface area contributed by atoms with E-state index in [9.17, 15) is 19.2 Å². The number of hydrogen-bond donors (Lipinski definition) is 2. The van der Waals surface area contributed by atoms with Gasteiger partial charge < -0.3 is 18.5 Å². The third-order valence-corrected chi connectivity index (χ3v) is 2.77. The van der Waals surface area contributed by atoms with Gasteiger partial charge in [-0.25, -0.2) is 9.59 Å². The molecule has 0 saturated carbocycles. The molecular weight excluding hydrogens is 372 g/mol. The average molecular weight is 393 g/mol. The van der Waals surface area contributed by atoms with E-state index in [-0.39, 0.29) is 71.3 Å². The number of halogens is 1. The number of carboxylic acid groups (broad SMARTS) is 2. The minimum absolute atomic E-state index is 0. The van der Waals surface area contributed by atoms with Gasteiger partial charge in [0.1, 0.15) is 0 Å². The minimum atomic E-state index is -1.33. The molecule has 124 valence electrons. The van der Waals surface area contributed by atoms with Crippen LogP contribution < -0.4 is 0 Å². The molecule has 0 aliphatic rings. The maximum Gasteiger partial charge on any atom is 2.00 e. The van der Waals surface area contributed by atoms with Crippen LogP contribution in [0.4, 0.5) is 0 Å². The summed E-state index contributed by atoms with van der Waals surface area (Å²) >= 11 is 2.93. The van der Waals surface area contributed by atoms with Crippen LogP contribution in [0.3, 0.4) is 0 Å². The average Bonchev–Trinajstić information content (AvgIpc) is 2.33. The molecule has 21 heavy (non-hydrogen) atoms. The largest absolute Gasteiger partial charge is 2.00 e. The van der Waals surface area contributed by atoms with E-state index in [0.717, 1.165) is 0 Å². The van der Waals surface area contributed by atoms with Gasteiger partial charge in [-0.15, -0.1) is 12.4 Å². The van der Waals surface area contributed by atoms with Gasteiger partial charge in [0.2, 0.25) is 11.6 Å². The van der Waals surface area contributed by atoms with E-state index in [4.69, 9.17) is 10.2 Å². The Morgan fingerprint density at radius 3 is 1.24 bits per heavy atom. The molecule has 0 aromatic carbocycles. The van der Waals surface area contributed by atoms with Crippen molar-refractivity contribution in [3.05, 3.63) is 0 Å². The Hall–Kier alpha value is 0.490. The van der Waals surface area contributed by atoms with Gasteiger partial charge in [-0.2, -0.15) is 23.5 Å². The number of hydrogen-bond acceptors (Lipinski definition) is 6. The van der Waals surface area contributed by atoms with Crippen molar-refractivity contribution < 1.29 is 37.7 Å². The third-order valence-electron chi connectivity index (χ3n) is 1.54. The molecule has 0 saturated heterocycles. The van der Waals surface area contributed by atoms with Crippen LogP contribution in [-0.2, 0) is 19.2 Å². The number of carboxylic acids is 2. The molecule has 0 bridgehead atoms. The zero-order chi connectivity index (χ0) is 14.6. The number of carbonyl (C=O) groups is 4. The molecule has 0 spiro atoms. The van der Waals surface area contributed by atoms with Crippen LogP contribution in [0.25, 0.3) is 0 Å². The molecule has 0 aliphatic heterocycles. The Balaban J connectivity index is -0.0000000366. The van der Waals surface area contributed by atoms with Gasteiger partial charge in [0, 0.05) is 24.3 Å². The van der Waals surface area contributed by atoms with Gasteiger partial charge in [-0.05, 0) is 12.5 Å². The van der Waals surface area contributed by atoms with Crippen molar-refractivity contribution in [3.63, 3.8) is 0 Å². The van der Waals surface area contributed by atoms with Gasteiger partial charge in [0.05, 0.1) is 0 Å². The standard InChI is InChI=1S/2C5H8O3S.Ca.ClH.H2O.2H/c2*1-9-3-2-4(6)5(7)8;;;;;/h2*2-3H2,1H3,(H,7,8);;1H;1H2;;/q;;+2;;;2*-1. The van der Waals surface area contributed by atoms with Crippen molar-refractivity contribution >= 4 is 97.2 Å². The summed E-state index contributed by atoms with van der Waals surface area (Å²) in [6.45, 7) is 0. The molecule has 0 aliphatic carbocycles. The summed E-state index contributed by atoms with van der Waals surface area (Å²) in [6.07, 6.45) is 3.93. The normalized spacial score (nSPS) is 7.71. The molecule has 4 N–H and O–H groups in total. The topological polar surface area (TPSA) is 140 Å². The van der Waals surface area contributed by atoms with E-state index in [1.54, 1.807) is 0 Å². The minimum Gasteiger partial charge on any atom is -1.00 e. The fourth-order valence-electron chi connectivity index (χ4n) is 0.603. The molecule has 0 atom stereocenters. The molecule has 0 unspecified atom stereocenters. The smallest absolute Gasteiger partial charge is 1.00 e. The Kier molecular flexibility index (Phi) is 36.0. The zero-order valence-corrected chi connectivity index (χ0v) is 16.4. The molecule has 0 radical (unpaired) electrons. The van der Waals surface area contributed by atoms with Crippen LogP contribution in [0.15, 0.2) is 0 Å². The molecule has 0 aromatic heterocycles. The van der Waals surface area contributed by atoms with Crippen molar-refractivity contribution in [2.75, 3.05) is 24.0 Å². The molecular formula is C10H21CaClO7S2. The number of carbonyl (C=O) groups excluding carboxylic acids is 2. The third kappa shape index (κ3) is 25.8. The summed E-state index contributed by atoms with van der Waals surface area (Å²) in [7, 11) is 0. The predicted octanol–water partition coefficient (Wildman–Crippen LogP) is 0.228. The van der Waals surface area contributed by atoms with E-state index < -0.39 is 23.5 Å². The summed E-state index contributed by atoms with van der Waals surface area (Å²) in [5.41, 5.74) is 0. The van der Waals surface area contributed by atoms with Crippen molar-refractivity contribution in [2.45, 2.75) is 12.8 Å². The van der Waals surface area contributed by atoms with Gasteiger partial charge >= 0.3 is 49.7 Å². The second kappa shape index (κ2) is 22.8. The first kappa shape index (κ1) is 33.2. The molecule has 7 nitrogen and oxygen atoms in total. The van der Waals surface area contributed by atoms with Crippen molar-refractivity contribution in [2.24, 2.45) is 0 Å². The van der Waals surface area contributed by atoms with E-state index in [2.05, 4.69) is 0 Å². The number of aliphatic carboxylic acids is 2. The molecule has 0 fully saturated rings. The Bertz CT molecular complexity index is 296. The summed E-state index contributed by atoms with van der Waals surface area (Å²) < 4.78 is 0. The first-order chi connectivity index (χ1) is 8.36. The van der Waals surface area contributed by atoms with Crippen molar-refractivity contribution in [1.29, 1.82) is 0 Å². The SMILES string of the molecule is CSCCC(=O)C(=O)O.CSCCC(=O)C(=O)O.Cl.O.[Ca+2].[H-].[H-]. The van der Waals surface area contributed by atoms with Crippen LogP contribution in [0.2, 0.25) is 0 Å². The van der Waals surface area contributed by atoms with Crippen LogP contribution in [0.1, 0.15) is 15.7 Å². The van der Waals surface area contributed by atoms with Gasteiger partial charge in [0.15, 0.2) is 0 Å². The van der Waals surface area contributed by atoms with E-state index in [1.165, 1.54) is 23.5 Å². The summed E-state index contributed by atoms with van der Waals surface area (Å²) in [4.78, 5) is 40.3. The van der Waals surface area contributed by atoms with E-state index >= 15 is 0 Å². The Labute approximate surface area is 170 Å². The molecule has 0 rings (SSSR count). The summed E-state index contributed by atoms with van der Waals surface area (Å²) in [5.74, 6) is -2.89. The van der Waals surface area contributed by atoms with E-state index in [1.807, 2.05) is 12.5 Å². The molecule has 11 heteroatoms. The molecule has 0 heterocycles. The maximum atomic E-state index is 10.3. The second-order valence-electron chi connectivity index (χ2n) is 2.94. The van der Waals surface area contributed by atoms with Crippen LogP contribution >= 0.6 is 35.9 Å². The number of thioether (sulfide) groups is 2. The number of ketones is 2. The fourth-order valence-corrected chi connectivity index (χ4v) is 1.38. The summed E-state index contributed by atoms with van der Waals surface area (Å²) in [5, 5.41) is 16.1. The van der Waals surface area contributed by atoms with Crippen LogP contribution in [0.5, 0.6) is 0 Å². The second-order valence-corrected chi connectivity index (χ2v) is 4.91. The quantitative estimate of drug-likeness (QED) is 0.441. The monoisotopic (exact) mass is 392 g/mol. The van der Waals surface area contributed by atoms with Gasteiger partial charge in [-0.3, -0.25) is 9.59 Å². The molecule has 0 amide bonds. The first-order valence-electron chi connectivity index (χ1n) is 4.86. The number of rotatable bonds is 8. The van der Waals surface area contributed by atoms with Crippen LogP contribution in [-0.4, -0.2) is 101 Å². The van der Waals surface area contributed by atoms with E-state index in [0.29, 0.717) is 11.5 Å². The maximum absolute atomic E-state index is 10.3. The Morgan fingerprint density at radius 2 is 1.10 bits per heavy atom.